The molecule has 0 spiro atoms. The lowest BCUT2D eigenvalue weighted by atomic mass is 10.2. The molecule has 0 N–H and O–H groups in total. The van der Waals surface area contributed by atoms with Gasteiger partial charge >= 0.3 is 0 Å². The molecule has 1 heterocycles. The van der Waals surface area contributed by atoms with Gasteiger partial charge in [-0.1, -0.05) is 18.2 Å². The fraction of sp³-hybridized carbons (Fsp3) is 0.350. The van der Waals surface area contributed by atoms with Gasteiger partial charge in [0.05, 0.1) is 40.6 Å². The molecule has 1 aliphatic heterocycles. The predicted molar refractivity (Wildman–Crippen MR) is 104 cm³/mol. The Morgan fingerprint density at radius 1 is 0.846 bits per heavy atom. The molecule has 0 bridgehead atoms. The number of hydrogen-bond acceptors (Lipinski definition) is 6. The van der Waals surface area contributed by atoms with Crippen molar-refractivity contribution in [2.24, 2.45) is 5.10 Å². The van der Waals surface area contributed by atoms with Crippen LogP contribution in [0.5, 0.6) is 17.2 Å². The van der Waals surface area contributed by atoms with E-state index in [-0.39, 0.29) is 0 Å². The molecule has 0 aliphatic carbocycles. The SMILES string of the molecule is COc1cc(/C=N/N2CCN(c3ccccc3)CC2)cc(OC)c1OC. The number of benzene rings is 2. The first-order valence-corrected chi connectivity index (χ1v) is 8.64. The standard InChI is InChI=1S/C20H25N3O3/c1-24-18-13-16(14-19(25-2)20(18)26-3)15-21-23-11-9-22(10-12-23)17-7-5-4-6-8-17/h4-8,13-15H,9-12H2,1-3H3/b21-15+. The normalized spacial score (nSPS) is 14.6. The fourth-order valence-corrected chi connectivity index (χ4v) is 3.03. The third-order valence-corrected chi connectivity index (χ3v) is 4.43. The number of para-hydroxylation sites is 1. The van der Waals surface area contributed by atoms with E-state index in [0.717, 1.165) is 31.7 Å². The number of rotatable bonds is 6. The van der Waals surface area contributed by atoms with Gasteiger partial charge in [-0.3, -0.25) is 5.01 Å². The zero-order chi connectivity index (χ0) is 18.4. The highest BCUT2D eigenvalue weighted by Crippen LogP contribution is 2.37. The minimum atomic E-state index is 0.587. The van der Waals surface area contributed by atoms with Crippen LogP contribution in [-0.4, -0.2) is 58.7 Å². The second-order valence-corrected chi connectivity index (χ2v) is 5.98. The highest BCUT2D eigenvalue weighted by atomic mass is 16.5. The molecule has 1 aliphatic rings. The van der Waals surface area contributed by atoms with Gasteiger partial charge in [0.15, 0.2) is 11.5 Å². The number of piperazine rings is 1. The van der Waals surface area contributed by atoms with E-state index in [1.54, 1.807) is 21.3 Å². The number of hydrogen-bond donors (Lipinski definition) is 0. The lowest BCUT2D eigenvalue weighted by molar-refractivity contribution is 0.272. The van der Waals surface area contributed by atoms with Crippen molar-refractivity contribution in [3.05, 3.63) is 48.0 Å². The van der Waals surface area contributed by atoms with E-state index in [0.29, 0.717) is 17.2 Å². The van der Waals surface area contributed by atoms with Gasteiger partial charge in [-0.25, -0.2) is 0 Å². The van der Waals surface area contributed by atoms with Gasteiger partial charge in [0.1, 0.15) is 0 Å². The number of methoxy groups -OCH3 is 3. The molecule has 1 fully saturated rings. The summed E-state index contributed by atoms with van der Waals surface area (Å²) in [5.74, 6) is 1.84. The lowest BCUT2D eigenvalue weighted by Crippen LogP contribution is -2.44. The van der Waals surface area contributed by atoms with Crippen LogP contribution in [0.4, 0.5) is 5.69 Å². The van der Waals surface area contributed by atoms with E-state index in [1.165, 1.54) is 5.69 Å². The molecule has 26 heavy (non-hydrogen) atoms. The van der Waals surface area contributed by atoms with Crippen LogP contribution in [0.1, 0.15) is 5.56 Å². The average Bonchev–Trinajstić information content (AvgIpc) is 2.72. The van der Waals surface area contributed by atoms with Crippen molar-refractivity contribution in [2.45, 2.75) is 0 Å². The minimum Gasteiger partial charge on any atom is -0.493 e. The summed E-state index contributed by atoms with van der Waals surface area (Å²) in [4.78, 5) is 2.38. The third kappa shape index (κ3) is 4.02. The van der Waals surface area contributed by atoms with E-state index in [9.17, 15) is 0 Å². The maximum absolute atomic E-state index is 5.39. The van der Waals surface area contributed by atoms with Crippen molar-refractivity contribution in [2.75, 3.05) is 52.4 Å². The quantitative estimate of drug-likeness (QED) is 0.746. The van der Waals surface area contributed by atoms with Gasteiger partial charge in [-0.15, -0.1) is 0 Å². The van der Waals surface area contributed by atoms with Crippen LogP contribution < -0.4 is 19.1 Å². The second kappa shape index (κ2) is 8.47. The van der Waals surface area contributed by atoms with Gasteiger partial charge in [-0.2, -0.15) is 5.10 Å². The average molecular weight is 355 g/mol. The summed E-state index contributed by atoms with van der Waals surface area (Å²) in [5, 5.41) is 6.70. The highest BCUT2D eigenvalue weighted by molar-refractivity contribution is 5.82. The topological polar surface area (TPSA) is 46.5 Å². The highest BCUT2D eigenvalue weighted by Gasteiger charge is 2.16. The lowest BCUT2D eigenvalue weighted by Gasteiger charge is -2.34. The molecule has 2 aromatic rings. The summed E-state index contributed by atoms with van der Waals surface area (Å²) in [6, 6.07) is 14.3. The van der Waals surface area contributed by atoms with Gasteiger partial charge in [0, 0.05) is 24.3 Å². The Morgan fingerprint density at radius 3 is 2.00 bits per heavy atom. The van der Waals surface area contributed by atoms with Crippen LogP contribution >= 0.6 is 0 Å². The Balaban J connectivity index is 1.66. The minimum absolute atomic E-state index is 0.587. The Bertz CT molecular complexity index is 716. The summed E-state index contributed by atoms with van der Waals surface area (Å²) >= 11 is 0. The summed E-state index contributed by atoms with van der Waals surface area (Å²) in [5.41, 5.74) is 2.17. The van der Waals surface area contributed by atoms with Crippen molar-refractivity contribution in [1.82, 2.24) is 5.01 Å². The van der Waals surface area contributed by atoms with Gasteiger partial charge in [0.2, 0.25) is 5.75 Å². The molecular formula is C20H25N3O3. The smallest absolute Gasteiger partial charge is 0.203 e. The molecular weight excluding hydrogens is 330 g/mol. The van der Waals surface area contributed by atoms with Gasteiger partial charge < -0.3 is 19.1 Å². The molecule has 0 aromatic heterocycles. The summed E-state index contributed by atoms with van der Waals surface area (Å²) in [7, 11) is 4.82. The first kappa shape index (κ1) is 17.9. The molecule has 138 valence electrons. The summed E-state index contributed by atoms with van der Waals surface area (Å²) < 4.78 is 16.1. The van der Waals surface area contributed by atoms with E-state index in [2.05, 4.69) is 39.3 Å². The molecule has 0 saturated carbocycles. The monoisotopic (exact) mass is 355 g/mol. The molecule has 0 unspecified atom stereocenters. The maximum atomic E-state index is 5.39. The van der Waals surface area contributed by atoms with Crippen LogP contribution in [0.2, 0.25) is 0 Å². The molecule has 3 rings (SSSR count). The predicted octanol–water partition coefficient (Wildman–Crippen LogP) is 2.87. The first-order chi connectivity index (χ1) is 12.7. The number of nitrogens with zero attached hydrogens (tertiary/aromatic N) is 3. The van der Waals surface area contributed by atoms with Crippen molar-refractivity contribution >= 4 is 11.9 Å². The second-order valence-electron chi connectivity index (χ2n) is 5.98. The Kier molecular flexibility index (Phi) is 5.84. The molecule has 0 amide bonds. The Morgan fingerprint density at radius 2 is 1.46 bits per heavy atom. The van der Waals surface area contributed by atoms with E-state index in [1.807, 2.05) is 24.4 Å². The third-order valence-electron chi connectivity index (χ3n) is 4.43. The molecule has 1 saturated heterocycles. The largest absolute Gasteiger partial charge is 0.493 e. The Labute approximate surface area is 154 Å². The summed E-state index contributed by atoms with van der Waals surface area (Å²) in [6.45, 7) is 3.68. The molecule has 0 atom stereocenters. The van der Waals surface area contributed by atoms with Crippen LogP contribution in [0, 0.1) is 0 Å². The van der Waals surface area contributed by atoms with Crippen LogP contribution in [0.15, 0.2) is 47.6 Å². The van der Waals surface area contributed by atoms with Crippen molar-refractivity contribution in [3.8, 4) is 17.2 Å². The van der Waals surface area contributed by atoms with Crippen LogP contribution in [-0.2, 0) is 0 Å². The molecule has 2 aromatic carbocycles. The maximum Gasteiger partial charge on any atom is 0.203 e. The van der Waals surface area contributed by atoms with Gasteiger partial charge in [0.25, 0.3) is 0 Å². The Hall–Kier alpha value is -2.89. The van der Waals surface area contributed by atoms with Crippen molar-refractivity contribution in [1.29, 1.82) is 0 Å². The first-order valence-electron chi connectivity index (χ1n) is 8.64. The summed E-state index contributed by atoms with van der Waals surface area (Å²) in [6.07, 6.45) is 1.84. The van der Waals surface area contributed by atoms with Crippen molar-refractivity contribution in [3.63, 3.8) is 0 Å². The number of ether oxygens (including phenoxy) is 3. The number of hydrazone groups is 1. The molecule has 6 nitrogen and oxygen atoms in total. The van der Waals surface area contributed by atoms with Crippen molar-refractivity contribution < 1.29 is 14.2 Å². The van der Waals surface area contributed by atoms with Crippen LogP contribution in [0.3, 0.4) is 0 Å². The van der Waals surface area contributed by atoms with E-state index < -0.39 is 0 Å². The number of anilines is 1. The van der Waals surface area contributed by atoms with E-state index in [4.69, 9.17) is 14.2 Å². The van der Waals surface area contributed by atoms with E-state index >= 15 is 0 Å². The fourth-order valence-electron chi connectivity index (χ4n) is 3.03. The molecule has 6 heteroatoms. The van der Waals surface area contributed by atoms with Crippen LogP contribution in [0.25, 0.3) is 0 Å². The van der Waals surface area contributed by atoms with Gasteiger partial charge in [-0.05, 0) is 24.3 Å². The zero-order valence-corrected chi connectivity index (χ0v) is 15.5. The zero-order valence-electron chi connectivity index (χ0n) is 15.5. The molecule has 0 radical (unpaired) electrons.